The van der Waals surface area contributed by atoms with Crippen LogP contribution in [0.4, 0.5) is 0 Å². The van der Waals surface area contributed by atoms with E-state index in [-0.39, 0.29) is 11.6 Å². The Hall–Kier alpha value is -0.410. The summed E-state index contributed by atoms with van der Waals surface area (Å²) in [6.45, 7) is 3.02. The minimum Gasteiger partial charge on any atom is -0.347 e. The van der Waals surface area contributed by atoms with Crippen LogP contribution in [0, 0.1) is 5.92 Å². The lowest BCUT2D eigenvalue weighted by molar-refractivity contribution is -0.183. The van der Waals surface area contributed by atoms with Crippen molar-refractivity contribution in [2.75, 3.05) is 13.2 Å². The molecule has 3 heteroatoms. The average molecular weight is 184 g/mol. The molecule has 0 aromatic rings. The smallest absolute Gasteiger partial charge is 0.171 e. The van der Waals surface area contributed by atoms with Gasteiger partial charge in [-0.05, 0) is 19.8 Å². The molecule has 2 fully saturated rings. The number of ketones is 1. The molecular formula is C10H16O3. The van der Waals surface area contributed by atoms with Gasteiger partial charge in [-0.15, -0.1) is 0 Å². The van der Waals surface area contributed by atoms with Crippen molar-refractivity contribution in [3.63, 3.8) is 0 Å². The van der Waals surface area contributed by atoms with Gasteiger partial charge >= 0.3 is 0 Å². The first-order valence-corrected chi connectivity index (χ1v) is 5.00. The summed E-state index contributed by atoms with van der Waals surface area (Å²) in [7, 11) is 0. The highest BCUT2D eigenvalue weighted by Gasteiger charge is 2.47. The molecule has 1 atom stereocenters. The van der Waals surface area contributed by atoms with Crippen molar-refractivity contribution in [3.05, 3.63) is 0 Å². The monoisotopic (exact) mass is 184 g/mol. The predicted octanol–water partition coefficient (Wildman–Crippen LogP) is 1.51. The maximum atomic E-state index is 11.0. The van der Waals surface area contributed by atoms with E-state index in [4.69, 9.17) is 9.47 Å². The Morgan fingerprint density at radius 3 is 2.77 bits per heavy atom. The van der Waals surface area contributed by atoms with E-state index in [0.29, 0.717) is 25.6 Å². The molecule has 0 bridgehead atoms. The lowest BCUT2D eigenvalue weighted by atomic mass is 9.96. The Balaban J connectivity index is 2.04. The first-order valence-electron chi connectivity index (χ1n) is 5.00. The Morgan fingerprint density at radius 2 is 2.15 bits per heavy atom. The number of ether oxygens (including phenoxy) is 2. The van der Waals surface area contributed by atoms with Crippen LogP contribution in [0.15, 0.2) is 0 Å². The minimum absolute atomic E-state index is 0.241. The van der Waals surface area contributed by atoms with Crippen molar-refractivity contribution >= 4 is 5.78 Å². The average Bonchev–Trinajstić information content (AvgIpc) is 2.64. The third kappa shape index (κ3) is 1.63. The highest BCUT2D eigenvalue weighted by Crippen LogP contribution is 2.43. The zero-order valence-electron chi connectivity index (χ0n) is 8.04. The number of rotatable bonds is 2. The first kappa shape index (κ1) is 9.16. The van der Waals surface area contributed by atoms with Crippen LogP contribution in [-0.2, 0) is 14.3 Å². The molecule has 1 saturated carbocycles. The Kier molecular flexibility index (Phi) is 2.39. The summed E-state index contributed by atoms with van der Waals surface area (Å²) >= 11 is 0. The molecule has 1 saturated heterocycles. The quantitative estimate of drug-likeness (QED) is 0.652. The molecule has 0 unspecified atom stereocenters. The molecule has 0 radical (unpaired) electrons. The van der Waals surface area contributed by atoms with Crippen molar-refractivity contribution in [1.29, 1.82) is 0 Å². The van der Waals surface area contributed by atoms with Crippen molar-refractivity contribution in [2.24, 2.45) is 5.92 Å². The molecule has 13 heavy (non-hydrogen) atoms. The van der Waals surface area contributed by atoms with E-state index in [1.54, 1.807) is 6.92 Å². The van der Waals surface area contributed by atoms with Crippen LogP contribution in [0.5, 0.6) is 0 Å². The van der Waals surface area contributed by atoms with E-state index in [2.05, 4.69) is 0 Å². The van der Waals surface area contributed by atoms with Gasteiger partial charge in [0, 0.05) is 18.8 Å². The maximum Gasteiger partial charge on any atom is 0.171 e. The van der Waals surface area contributed by atoms with Gasteiger partial charge < -0.3 is 14.3 Å². The SMILES string of the molecule is CC(=O)C[C@@H]1CCCC12OCCO2. The number of carbonyl (C=O) groups excluding carboxylic acids is 1. The van der Waals surface area contributed by atoms with E-state index in [0.717, 1.165) is 19.3 Å². The summed E-state index contributed by atoms with van der Waals surface area (Å²) in [5, 5.41) is 0. The van der Waals surface area contributed by atoms with E-state index in [9.17, 15) is 4.79 Å². The summed E-state index contributed by atoms with van der Waals surface area (Å²) in [5.74, 6) is 0.156. The van der Waals surface area contributed by atoms with Gasteiger partial charge in [0.15, 0.2) is 5.79 Å². The summed E-state index contributed by atoms with van der Waals surface area (Å²) in [5.41, 5.74) is 0. The molecule has 1 spiro atoms. The van der Waals surface area contributed by atoms with Gasteiger partial charge in [-0.25, -0.2) is 0 Å². The second kappa shape index (κ2) is 3.39. The number of hydrogen-bond donors (Lipinski definition) is 0. The fourth-order valence-corrected chi connectivity index (χ4v) is 2.47. The first-order chi connectivity index (χ1) is 6.23. The van der Waals surface area contributed by atoms with E-state index < -0.39 is 0 Å². The Morgan fingerprint density at radius 1 is 1.46 bits per heavy atom. The molecule has 1 aliphatic carbocycles. The Bertz CT molecular complexity index is 201. The molecule has 74 valence electrons. The third-order valence-electron chi connectivity index (χ3n) is 3.01. The second-order valence-corrected chi connectivity index (χ2v) is 4.00. The standard InChI is InChI=1S/C10H16O3/c1-8(11)7-9-3-2-4-10(9)12-5-6-13-10/h9H,2-7H2,1H3/t9-/m0/s1. The summed E-state index contributed by atoms with van der Waals surface area (Å²) < 4.78 is 11.3. The molecule has 0 amide bonds. The zero-order valence-corrected chi connectivity index (χ0v) is 8.04. The highest BCUT2D eigenvalue weighted by atomic mass is 16.7. The number of hydrogen-bond acceptors (Lipinski definition) is 3. The van der Waals surface area contributed by atoms with Crippen molar-refractivity contribution < 1.29 is 14.3 Å². The zero-order chi connectivity index (χ0) is 9.31. The summed E-state index contributed by atoms with van der Waals surface area (Å²) in [4.78, 5) is 11.0. The fraction of sp³-hybridized carbons (Fsp3) is 0.900. The normalized spacial score (nSPS) is 31.3. The third-order valence-corrected chi connectivity index (χ3v) is 3.01. The van der Waals surface area contributed by atoms with Crippen LogP contribution in [0.3, 0.4) is 0 Å². The van der Waals surface area contributed by atoms with Crippen LogP contribution in [0.1, 0.15) is 32.6 Å². The molecule has 0 aromatic heterocycles. The predicted molar refractivity (Wildman–Crippen MR) is 47.3 cm³/mol. The van der Waals surface area contributed by atoms with Crippen molar-refractivity contribution in [1.82, 2.24) is 0 Å². The van der Waals surface area contributed by atoms with Crippen molar-refractivity contribution in [3.8, 4) is 0 Å². The van der Waals surface area contributed by atoms with Gasteiger partial charge in [0.2, 0.25) is 0 Å². The lowest BCUT2D eigenvalue weighted by Crippen LogP contribution is -2.35. The van der Waals surface area contributed by atoms with Gasteiger partial charge in [0.05, 0.1) is 13.2 Å². The number of carbonyl (C=O) groups is 1. The lowest BCUT2D eigenvalue weighted by Gasteiger charge is -2.28. The molecule has 0 aromatic carbocycles. The molecule has 0 N–H and O–H groups in total. The topological polar surface area (TPSA) is 35.5 Å². The molecule has 1 heterocycles. The van der Waals surface area contributed by atoms with E-state index >= 15 is 0 Å². The van der Waals surface area contributed by atoms with Gasteiger partial charge in [-0.1, -0.05) is 0 Å². The minimum atomic E-state index is -0.383. The number of Topliss-reactive ketones (excluding diaryl/α,β-unsaturated/α-hetero) is 1. The van der Waals surface area contributed by atoms with Crippen LogP contribution < -0.4 is 0 Å². The highest BCUT2D eigenvalue weighted by molar-refractivity contribution is 5.75. The fourth-order valence-electron chi connectivity index (χ4n) is 2.47. The van der Waals surface area contributed by atoms with Crippen LogP contribution in [0.2, 0.25) is 0 Å². The van der Waals surface area contributed by atoms with E-state index in [1.807, 2.05) is 0 Å². The summed E-state index contributed by atoms with van der Waals surface area (Å²) in [6.07, 6.45) is 3.77. The second-order valence-electron chi connectivity index (χ2n) is 4.00. The van der Waals surface area contributed by atoms with Gasteiger partial charge in [0.25, 0.3) is 0 Å². The molecule has 2 aliphatic rings. The maximum absolute atomic E-state index is 11.0. The van der Waals surface area contributed by atoms with Gasteiger partial charge in [0.1, 0.15) is 5.78 Å². The Labute approximate surface area is 78.4 Å². The molecule has 1 aliphatic heterocycles. The van der Waals surface area contributed by atoms with Gasteiger partial charge in [-0.3, -0.25) is 0 Å². The molecule has 2 rings (SSSR count). The van der Waals surface area contributed by atoms with Gasteiger partial charge in [-0.2, -0.15) is 0 Å². The van der Waals surface area contributed by atoms with Crippen LogP contribution >= 0.6 is 0 Å². The summed E-state index contributed by atoms with van der Waals surface area (Å²) in [6, 6.07) is 0. The largest absolute Gasteiger partial charge is 0.347 e. The van der Waals surface area contributed by atoms with Crippen LogP contribution in [-0.4, -0.2) is 24.8 Å². The van der Waals surface area contributed by atoms with Crippen molar-refractivity contribution in [2.45, 2.75) is 38.4 Å². The van der Waals surface area contributed by atoms with Crippen LogP contribution in [0.25, 0.3) is 0 Å². The molecule has 3 nitrogen and oxygen atoms in total. The van der Waals surface area contributed by atoms with E-state index in [1.165, 1.54) is 0 Å². The molecular weight excluding hydrogens is 168 g/mol.